The van der Waals surface area contributed by atoms with Gasteiger partial charge in [0, 0.05) is 23.5 Å². The van der Waals surface area contributed by atoms with Crippen molar-refractivity contribution >= 4 is 12.1 Å². The van der Waals surface area contributed by atoms with E-state index < -0.39 is 18.2 Å². The van der Waals surface area contributed by atoms with E-state index in [2.05, 4.69) is 4.98 Å². The molecule has 198 valence electrons. The Bertz CT molecular complexity index is 1480. The highest BCUT2D eigenvalue weighted by atomic mass is 16.6. The number of carboxylic acids is 1. The lowest BCUT2D eigenvalue weighted by Crippen LogP contribution is -2.31. The summed E-state index contributed by atoms with van der Waals surface area (Å²) >= 11 is 0. The van der Waals surface area contributed by atoms with Gasteiger partial charge in [-0.05, 0) is 53.9 Å². The van der Waals surface area contributed by atoms with Gasteiger partial charge >= 0.3 is 12.1 Å². The third-order valence-electron chi connectivity index (χ3n) is 6.72. The molecule has 0 saturated carbocycles. The summed E-state index contributed by atoms with van der Waals surface area (Å²) in [5.74, 6) is 0.411. The van der Waals surface area contributed by atoms with Crippen LogP contribution in [-0.2, 0) is 22.5 Å². The van der Waals surface area contributed by atoms with E-state index in [0.717, 1.165) is 22.3 Å². The highest BCUT2D eigenvalue weighted by molar-refractivity contribution is 5.72. The summed E-state index contributed by atoms with van der Waals surface area (Å²) in [7, 11) is 1.52. The fourth-order valence-electron chi connectivity index (χ4n) is 4.71. The topological polar surface area (TPSA) is 98.2 Å². The summed E-state index contributed by atoms with van der Waals surface area (Å²) in [5.41, 5.74) is 4.10. The highest BCUT2D eigenvalue weighted by Crippen LogP contribution is 2.39. The van der Waals surface area contributed by atoms with Gasteiger partial charge in [-0.1, -0.05) is 48.5 Å². The number of aliphatic carboxylic acids is 1. The monoisotopic (exact) mass is 524 g/mol. The zero-order chi connectivity index (χ0) is 27.4. The quantitative estimate of drug-likeness (QED) is 0.276. The molecule has 0 spiro atoms. The number of methoxy groups -OCH3 is 1. The van der Waals surface area contributed by atoms with Crippen LogP contribution in [0.1, 0.15) is 29.7 Å². The van der Waals surface area contributed by atoms with Gasteiger partial charge in [0.2, 0.25) is 0 Å². The fraction of sp³-hybridized carbons (Fsp3) is 0.194. The molecule has 2 heterocycles. The lowest BCUT2D eigenvalue weighted by Gasteiger charge is -2.23. The number of benzene rings is 3. The van der Waals surface area contributed by atoms with Crippen LogP contribution in [0.25, 0.3) is 11.1 Å². The van der Waals surface area contributed by atoms with Gasteiger partial charge in [0.25, 0.3) is 0 Å². The lowest BCUT2D eigenvalue weighted by atomic mass is 10.0. The Morgan fingerprint density at radius 3 is 2.49 bits per heavy atom. The fourth-order valence-corrected chi connectivity index (χ4v) is 4.71. The van der Waals surface area contributed by atoms with E-state index in [1.165, 1.54) is 7.11 Å². The number of hydrogen-bond donors (Lipinski definition) is 1. The summed E-state index contributed by atoms with van der Waals surface area (Å²) in [4.78, 5) is 30.2. The molecule has 4 aromatic rings. The second-order valence-corrected chi connectivity index (χ2v) is 9.31. The number of carbonyl (C=O) groups is 2. The van der Waals surface area contributed by atoms with E-state index in [9.17, 15) is 14.7 Å². The van der Waals surface area contributed by atoms with Gasteiger partial charge in [-0.15, -0.1) is 0 Å². The second-order valence-electron chi connectivity index (χ2n) is 9.31. The minimum absolute atomic E-state index is 0.148. The van der Waals surface area contributed by atoms with Crippen LogP contribution in [0.4, 0.5) is 4.79 Å². The van der Waals surface area contributed by atoms with Crippen molar-refractivity contribution in [2.45, 2.75) is 32.0 Å². The number of ether oxygens (including phenoxy) is 3. The van der Waals surface area contributed by atoms with Crippen molar-refractivity contribution in [3.63, 3.8) is 0 Å². The van der Waals surface area contributed by atoms with Gasteiger partial charge in [0.1, 0.15) is 11.9 Å². The lowest BCUT2D eigenvalue weighted by molar-refractivity contribution is -0.136. The molecule has 39 heavy (non-hydrogen) atoms. The number of amides is 1. The number of carboxylic acid groups (broad SMARTS) is 1. The van der Waals surface area contributed by atoms with Crippen LogP contribution < -0.4 is 9.47 Å². The van der Waals surface area contributed by atoms with Crippen LogP contribution in [0.15, 0.2) is 91.3 Å². The Hall–Kier alpha value is -4.85. The maximum absolute atomic E-state index is 13.0. The van der Waals surface area contributed by atoms with E-state index in [0.29, 0.717) is 22.8 Å². The average molecular weight is 525 g/mol. The number of pyridine rings is 1. The molecule has 0 radical (unpaired) electrons. The Kier molecular flexibility index (Phi) is 7.45. The van der Waals surface area contributed by atoms with Crippen LogP contribution >= 0.6 is 0 Å². The van der Waals surface area contributed by atoms with Crippen molar-refractivity contribution in [3.8, 4) is 28.4 Å². The molecule has 1 saturated heterocycles. The van der Waals surface area contributed by atoms with Crippen LogP contribution in [0.5, 0.6) is 17.2 Å². The van der Waals surface area contributed by atoms with Gasteiger partial charge < -0.3 is 19.3 Å². The number of carbonyl (C=O) groups excluding carboxylic acids is 1. The Labute approximate surface area is 226 Å². The summed E-state index contributed by atoms with van der Waals surface area (Å²) in [6.07, 6.45) is 2.54. The largest absolute Gasteiger partial charge is 0.493 e. The highest BCUT2D eigenvalue weighted by Gasteiger charge is 2.40. The van der Waals surface area contributed by atoms with E-state index in [-0.39, 0.29) is 19.0 Å². The van der Waals surface area contributed by atoms with E-state index in [1.54, 1.807) is 35.5 Å². The first-order chi connectivity index (χ1) is 18.9. The Balaban J connectivity index is 1.51. The molecule has 1 aliphatic heterocycles. The van der Waals surface area contributed by atoms with Crippen LogP contribution in [-0.4, -0.2) is 40.2 Å². The molecular weight excluding hydrogens is 496 g/mol. The smallest absolute Gasteiger partial charge is 0.411 e. The molecule has 1 aromatic heterocycles. The number of cyclic esters (lactones) is 1. The van der Waals surface area contributed by atoms with E-state index in [1.807, 2.05) is 67.6 Å². The molecule has 8 nitrogen and oxygen atoms in total. The zero-order valence-corrected chi connectivity index (χ0v) is 21.6. The predicted octanol–water partition coefficient (Wildman–Crippen LogP) is 6.26. The van der Waals surface area contributed by atoms with Gasteiger partial charge in [0.05, 0.1) is 26.1 Å². The van der Waals surface area contributed by atoms with Crippen molar-refractivity contribution in [3.05, 3.63) is 108 Å². The van der Waals surface area contributed by atoms with Gasteiger partial charge in [-0.3, -0.25) is 14.7 Å². The summed E-state index contributed by atoms with van der Waals surface area (Å²) in [6.45, 7) is 2.20. The normalized spacial score (nSPS) is 16.6. The molecule has 5 rings (SSSR count). The first-order valence-electron chi connectivity index (χ1n) is 12.5. The third-order valence-corrected chi connectivity index (χ3v) is 6.72. The van der Waals surface area contributed by atoms with E-state index in [4.69, 9.17) is 14.2 Å². The first kappa shape index (κ1) is 25.8. The molecule has 0 bridgehead atoms. The molecule has 3 aromatic carbocycles. The van der Waals surface area contributed by atoms with Crippen molar-refractivity contribution in [2.75, 3.05) is 7.11 Å². The number of hydrogen-bond acceptors (Lipinski definition) is 6. The van der Waals surface area contributed by atoms with Gasteiger partial charge in [-0.25, -0.2) is 4.79 Å². The summed E-state index contributed by atoms with van der Waals surface area (Å²) in [6, 6.07) is 24.0. The Morgan fingerprint density at radius 2 is 1.77 bits per heavy atom. The molecular formula is C31H28N2O6. The van der Waals surface area contributed by atoms with Crippen molar-refractivity contribution in [2.24, 2.45) is 0 Å². The molecule has 0 aliphatic carbocycles. The van der Waals surface area contributed by atoms with Crippen LogP contribution in [0, 0.1) is 0 Å². The molecule has 1 N–H and O–H groups in total. The minimum atomic E-state index is -0.942. The van der Waals surface area contributed by atoms with Crippen molar-refractivity contribution in [1.82, 2.24) is 9.88 Å². The number of rotatable bonds is 9. The van der Waals surface area contributed by atoms with Crippen LogP contribution in [0.3, 0.4) is 0 Å². The molecule has 8 heteroatoms. The third kappa shape index (κ3) is 5.70. The van der Waals surface area contributed by atoms with Gasteiger partial charge in [-0.2, -0.15) is 0 Å². The summed E-state index contributed by atoms with van der Waals surface area (Å²) < 4.78 is 17.6. The SMILES string of the molecule is COc1ccc(CC(=O)O)cc1Oc1ccc(-c2cccnc2)cc1CN1C(=O)O[C@H](c2ccccc2)[C@@H]1C. The van der Waals surface area contributed by atoms with Gasteiger partial charge in [0.15, 0.2) is 11.5 Å². The van der Waals surface area contributed by atoms with Crippen molar-refractivity contribution < 1.29 is 28.9 Å². The first-order valence-corrected chi connectivity index (χ1v) is 12.5. The minimum Gasteiger partial charge on any atom is -0.493 e. The molecule has 2 atom stereocenters. The molecule has 1 aliphatic rings. The number of nitrogens with zero attached hydrogens (tertiary/aromatic N) is 2. The molecule has 1 fully saturated rings. The van der Waals surface area contributed by atoms with Crippen molar-refractivity contribution in [1.29, 1.82) is 0 Å². The second kappa shape index (κ2) is 11.3. The molecule has 0 unspecified atom stereocenters. The zero-order valence-electron chi connectivity index (χ0n) is 21.6. The van der Waals surface area contributed by atoms with Crippen LogP contribution in [0.2, 0.25) is 0 Å². The van der Waals surface area contributed by atoms with E-state index >= 15 is 0 Å². The average Bonchev–Trinajstić information content (AvgIpc) is 3.23. The number of aromatic nitrogens is 1. The Morgan fingerprint density at radius 1 is 0.974 bits per heavy atom. The maximum Gasteiger partial charge on any atom is 0.411 e. The standard InChI is InChI=1S/C31H28N2O6/c1-20-30(22-7-4-3-5-8-22)39-31(36)33(20)19-25-17-23(24-9-6-14-32-18-24)11-13-26(25)38-28-15-21(16-29(34)35)10-12-27(28)37-2/h3-15,17-18,20,30H,16,19H2,1-2H3,(H,34,35)/t20-,30-/m0/s1. The predicted molar refractivity (Wildman–Crippen MR) is 145 cm³/mol. The molecule has 1 amide bonds. The maximum atomic E-state index is 13.0. The summed E-state index contributed by atoms with van der Waals surface area (Å²) in [5, 5.41) is 9.24.